The van der Waals surface area contributed by atoms with E-state index in [-0.39, 0.29) is 5.91 Å². The van der Waals surface area contributed by atoms with Gasteiger partial charge in [-0.3, -0.25) is 4.79 Å². The number of benzene rings is 1. The zero-order chi connectivity index (χ0) is 15.0. The highest BCUT2D eigenvalue weighted by Gasteiger charge is 2.27. The quantitative estimate of drug-likeness (QED) is 0.869. The Morgan fingerprint density at radius 3 is 2.67 bits per heavy atom. The van der Waals surface area contributed by atoms with Crippen molar-refractivity contribution in [1.82, 2.24) is 0 Å². The van der Waals surface area contributed by atoms with E-state index in [1.54, 1.807) is 0 Å². The Labute approximate surface area is 124 Å². The summed E-state index contributed by atoms with van der Waals surface area (Å²) in [6.45, 7) is 7.29. The molecule has 1 aromatic heterocycles. The largest absolute Gasteiger partial charge is 0.466 e. The van der Waals surface area contributed by atoms with Crippen LogP contribution in [-0.2, 0) is 0 Å². The van der Waals surface area contributed by atoms with E-state index in [4.69, 9.17) is 4.42 Å². The Hall–Kier alpha value is -2.23. The highest BCUT2D eigenvalue weighted by Crippen LogP contribution is 2.31. The average molecular weight is 284 g/mol. The van der Waals surface area contributed by atoms with Gasteiger partial charge in [-0.25, -0.2) is 0 Å². The van der Waals surface area contributed by atoms with Crippen molar-refractivity contribution in [1.29, 1.82) is 0 Å². The molecule has 0 aliphatic carbocycles. The summed E-state index contributed by atoms with van der Waals surface area (Å²) in [4.78, 5) is 14.9. The third-order valence-electron chi connectivity index (χ3n) is 4.09. The van der Waals surface area contributed by atoms with E-state index in [1.807, 2.05) is 49.9 Å². The molecule has 1 aromatic carbocycles. The van der Waals surface area contributed by atoms with E-state index in [1.165, 1.54) is 0 Å². The van der Waals surface area contributed by atoms with Crippen molar-refractivity contribution in [3.63, 3.8) is 0 Å². The number of carbonyl (C=O) groups is 1. The normalized spacial score (nSPS) is 14.3. The molecule has 21 heavy (non-hydrogen) atoms. The first kappa shape index (κ1) is 13.7. The molecule has 0 saturated carbocycles. The van der Waals surface area contributed by atoms with Crippen LogP contribution in [0.4, 0.5) is 11.4 Å². The molecule has 0 bridgehead atoms. The monoisotopic (exact) mass is 284 g/mol. The van der Waals surface area contributed by atoms with Crippen molar-refractivity contribution in [2.75, 3.05) is 23.3 Å². The standard InChI is InChI=1S/C17H20N2O2/c1-11-12(2)21-13(3)16(11)17(20)19-10-6-9-18-14-7-4-5-8-15(14)19/h4-5,7-8,18H,6,9-10H2,1-3H3. The second-order valence-electron chi connectivity index (χ2n) is 5.47. The van der Waals surface area contributed by atoms with E-state index in [0.717, 1.165) is 35.7 Å². The maximum Gasteiger partial charge on any atom is 0.262 e. The number of rotatable bonds is 1. The molecule has 1 N–H and O–H groups in total. The summed E-state index contributed by atoms with van der Waals surface area (Å²) < 4.78 is 5.61. The van der Waals surface area contributed by atoms with Gasteiger partial charge in [0.25, 0.3) is 5.91 Å². The Morgan fingerprint density at radius 1 is 1.19 bits per heavy atom. The van der Waals surface area contributed by atoms with E-state index >= 15 is 0 Å². The maximum absolute atomic E-state index is 13.0. The van der Waals surface area contributed by atoms with Gasteiger partial charge < -0.3 is 14.6 Å². The number of nitrogens with one attached hydrogen (secondary N) is 1. The van der Waals surface area contributed by atoms with Crippen molar-refractivity contribution in [3.05, 3.63) is 46.9 Å². The fourth-order valence-electron chi connectivity index (χ4n) is 2.89. The zero-order valence-electron chi connectivity index (χ0n) is 12.7. The number of fused-ring (bicyclic) bond motifs is 1. The van der Waals surface area contributed by atoms with E-state index in [0.29, 0.717) is 17.9 Å². The molecule has 4 nitrogen and oxygen atoms in total. The molecule has 0 unspecified atom stereocenters. The number of anilines is 2. The van der Waals surface area contributed by atoms with E-state index in [2.05, 4.69) is 5.32 Å². The summed E-state index contributed by atoms with van der Waals surface area (Å²) in [5.41, 5.74) is 3.59. The van der Waals surface area contributed by atoms with Gasteiger partial charge in [-0.05, 0) is 39.3 Å². The van der Waals surface area contributed by atoms with Crippen LogP contribution in [0.15, 0.2) is 28.7 Å². The summed E-state index contributed by atoms with van der Waals surface area (Å²) in [5.74, 6) is 1.54. The summed E-state index contributed by atoms with van der Waals surface area (Å²) in [6.07, 6.45) is 0.926. The molecule has 0 atom stereocenters. The van der Waals surface area contributed by atoms with Crippen LogP contribution in [0.25, 0.3) is 0 Å². The first-order valence-electron chi connectivity index (χ1n) is 7.31. The SMILES string of the molecule is Cc1oc(C)c(C(=O)N2CCCNc3ccccc32)c1C. The zero-order valence-corrected chi connectivity index (χ0v) is 12.7. The van der Waals surface area contributed by atoms with Gasteiger partial charge in [0.15, 0.2) is 0 Å². The lowest BCUT2D eigenvalue weighted by Gasteiger charge is -2.22. The summed E-state index contributed by atoms with van der Waals surface area (Å²) in [6, 6.07) is 7.95. The molecule has 0 saturated heterocycles. The lowest BCUT2D eigenvalue weighted by molar-refractivity contribution is 0.0985. The number of nitrogens with zero attached hydrogens (tertiary/aromatic N) is 1. The van der Waals surface area contributed by atoms with Gasteiger partial charge in [-0.2, -0.15) is 0 Å². The van der Waals surface area contributed by atoms with Crippen molar-refractivity contribution >= 4 is 17.3 Å². The molecular formula is C17H20N2O2. The van der Waals surface area contributed by atoms with Crippen LogP contribution in [0.2, 0.25) is 0 Å². The third-order valence-corrected chi connectivity index (χ3v) is 4.09. The second-order valence-corrected chi connectivity index (χ2v) is 5.47. The number of amides is 1. The van der Waals surface area contributed by atoms with Gasteiger partial charge in [0.2, 0.25) is 0 Å². The molecule has 1 aliphatic rings. The Bertz CT molecular complexity index is 688. The second kappa shape index (κ2) is 5.28. The van der Waals surface area contributed by atoms with Gasteiger partial charge in [-0.1, -0.05) is 12.1 Å². The van der Waals surface area contributed by atoms with Crippen LogP contribution >= 0.6 is 0 Å². The first-order valence-corrected chi connectivity index (χ1v) is 7.31. The number of hydrogen-bond donors (Lipinski definition) is 1. The van der Waals surface area contributed by atoms with Gasteiger partial charge in [0.1, 0.15) is 11.5 Å². The molecule has 0 fully saturated rings. The van der Waals surface area contributed by atoms with Crippen LogP contribution in [0, 0.1) is 20.8 Å². The van der Waals surface area contributed by atoms with Gasteiger partial charge >= 0.3 is 0 Å². The Morgan fingerprint density at radius 2 is 1.95 bits per heavy atom. The number of para-hydroxylation sites is 2. The van der Waals surface area contributed by atoms with Gasteiger partial charge in [0, 0.05) is 18.7 Å². The molecule has 1 amide bonds. The first-order chi connectivity index (χ1) is 10.1. The molecule has 4 heteroatoms. The topological polar surface area (TPSA) is 45.5 Å². The molecule has 2 aromatic rings. The fourth-order valence-corrected chi connectivity index (χ4v) is 2.89. The van der Waals surface area contributed by atoms with Crippen molar-refractivity contribution in [3.8, 4) is 0 Å². The minimum Gasteiger partial charge on any atom is -0.466 e. The molecule has 2 heterocycles. The van der Waals surface area contributed by atoms with Crippen molar-refractivity contribution in [2.24, 2.45) is 0 Å². The number of furan rings is 1. The van der Waals surface area contributed by atoms with Crippen LogP contribution in [0.1, 0.15) is 33.9 Å². The summed E-state index contributed by atoms with van der Waals surface area (Å²) in [5, 5.41) is 3.38. The van der Waals surface area contributed by atoms with E-state index in [9.17, 15) is 4.79 Å². The molecule has 1 aliphatic heterocycles. The predicted molar refractivity (Wildman–Crippen MR) is 84.1 cm³/mol. The smallest absolute Gasteiger partial charge is 0.262 e. The van der Waals surface area contributed by atoms with Crippen molar-refractivity contribution < 1.29 is 9.21 Å². The highest BCUT2D eigenvalue weighted by atomic mass is 16.3. The molecule has 3 rings (SSSR count). The third kappa shape index (κ3) is 2.31. The minimum atomic E-state index is 0.0259. The lowest BCUT2D eigenvalue weighted by atomic mass is 10.1. The minimum absolute atomic E-state index is 0.0259. The molecular weight excluding hydrogens is 264 g/mol. The lowest BCUT2D eigenvalue weighted by Crippen LogP contribution is -2.32. The van der Waals surface area contributed by atoms with Gasteiger partial charge in [-0.15, -0.1) is 0 Å². The average Bonchev–Trinajstić information content (AvgIpc) is 2.66. The van der Waals surface area contributed by atoms with Crippen molar-refractivity contribution in [2.45, 2.75) is 27.2 Å². The Balaban J connectivity index is 2.05. The number of aryl methyl sites for hydroxylation is 2. The Kier molecular flexibility index (Phi) is 3.45. The number of carbonyl (C=O) groups excluding carboxylic acids is 1. The predicted octanol–water partition coefficient (Wildman–Crippen LogP) is 3.67. The molecule has 0 spiro atoms. The molecule has 0 radical (unpaired) electrons. The van der Waals surface area contributed by atoms with Crippen LogP contribution < -0.4 is 10.2 Å². The van der Waals surface area contributed by atoms with Crippen LogP contribution in [0.3, 0.4) is 0 Å². The fraction of sp³-hybridized carbons (Fsp3) is 0.353. The summed E-state index contributed by atoms with van der Waals surface area (Å²) in [7, 11) is 0. The maximum atomic E-state index is 13.0. The van der Waals surface area contributed by atoms with Crippen LogP contribution in [-0.4, -0.2) is 19.0 Å². The summed E-state index contributed by atoms with van der Waals surface area (Å²) >= 11 is 0. The number of hydrogen-bond acceptors (Lipinski definition) is 3. The molecule has 110 valence electrons. The highest BCUT2D eigenvalue weighted by molar-refractivity contribution is 6.09. The van der Waals surface area contributed by atoms with E-state index < -0.39 is 0 Å². The van der Waals surface area contributed by atoms with Crippen LogP contribution in [0.5, 0.6) is 0 Å². The van der Waals surface area contributed by atoms with Gasteiger partial charge in [0.05, 0.1) is 16.9 Å².